The monoisotopic (exact) mass is 414 g/mol. The lowest BCUT2D eigenvalue weighted by atomic mass is 10.0. The van der Waals surface area contributed by atoms with Crippen LogP contribution in [-0.4, -0.2) is 16.2 Å². The van der Waals surface area contributed by atoms with Crippen LogP contribution in [0.25, 0.3) is 11.0 Å². The van der Waals surface area contributed by atoms with Crippen LogP contribution in [0, 0.1) is 6.92 Å². The van der Waals surface area contributed by atoms with Crippen LogP contribution in [0.15, 0.2) is 72.8 Å². The molecule has 4 heteroatoms. The highest BCUT2D eigenvalue weighted by atomic mass is 16.5. The quantitative estimate of drug-likeness (QED) is 0.293. The van der Waals surface area contributed by atoms with Crippen molar-refractivity contribution < 1.29 is 9.47 Å². The van der Waals surface area contributed by atoms with E-state index in [1.807, 2.05) is 24.3 Å². The Bertz CT molecular complexity index is 1130. The fraction of sp³-hybridized carbons (Fsp3) is 0.296. The first kappa shape index (κ1) is 21.0. The highest BCUT2D eigenvalue weighted by molar-refractivity contribution is 5.75. The summed E-state index contributed by atoms with van der Waals surface area (Å²) < 4.78 is 14.3. The first-order chi connectivity index (χ1) is 15.1. The van der Waals surface area contributed by atoms with Crippen molar-refractivity contribution in [3.63, 3.8) is 0 Å². The molecule has 0 radical (unpaired) electrons. The molecule has 3 aromatic carbocycles. The zero-order chi connectivity index (χ0) is 21.6. The fourth-order valence-corrected chi connectivity index (χ4v) is 3.71. The number of hydrogen-bond acceptors (Lipinski definition) is 3. The molecule has 0 bridgehead atoms. The van der Waals surface area contributed by atoms with E-state index in [2.05, 4.69) is 73.9 Å². The standard InChI is InChI=1S/C27H30N2O2/c1-20(2)22-13-15-23(16-14-22)30-18-8-17-29-25-11-6-5-10-24(25)28-27(29)19-31-26-12-7-4-9-21(26)3/h4-7,9-16,20H,8,17-19H2,1-3H3. The number of nitrogens with zero attached hydrogens (tertiary/aromatic N) is 2. The number of hydrogen-bond donors (Lipinski definition) is 0. The molecule has 4 nitrogen and oxygen atoms in total. The maximum absolute atomic E-state index is 6.08. The molecule has 1 heterocycles. The van der Waals surface area contributed by atoms with Crippen molar-refractivity contribution in [2.45, 2.75) is 46.3 Å². The molecular weight excluding hydrogens is 384 g/mol. The maximum atomic E-state index is 6.08. The Kier molecular flexibility index (Phi) is 6.56. The number of fused-ring (bicyclic) bond motifs is 1. The molecule has 160 valence electrons. The Morgan fingerprint density at radius 3 is 2.39 bits per heavy atom. The van der Waals surface area contributed by atoms with Crippen LogP contribution in [0.1, 0.15) is 43.1 Å². The molecule has 0 aliphatic heterocycles. The molecule has 4 rings (SSSR count). The van der Waals surface area contributed by atoms with E-state index in [1.54, 1.807) is 0 Å². The van der Waals surface area contributed by atoms with Crippen molar-refractivity contribution in [1.29, 1.82) is 0 Å². The average molecular weight is 415 g/mol. The summed E-state index contributed by atoms with van der Waals surface area (Å²) in [5.74, 6) is 3.28. The van der Waals surface area contributed by atoms with E-state index >= 15 is 0 Å². The lowest BCUT2D eigenvalue weighted by Gasteiger charge is -2.13. The summed E-state index contributed by atoms with van der Waals surface area (Å²) in [7, 11) is 0. The number of rotatable bonds is 9. The van der Waals surface area contributed by atoms with Gasteiger partial charge in [-0.1, -0.05) is 56.3 Å². The van der Waals surface area contributed by atoms with Gasteiger partial charge >= 0.3 is 0 Å². The van der Waals surface area contributed by atoms with E-state index in [4.69, 9.17) is 14.5 Å². The summed E-state index contributed by atoms with van der Waals surface area (Å²) in [6, 6.07) is 24.7. The lowest BCUT2D eigenvalue weighted by Crippen LogP contribution is -2.10. The van der Waals surface area contributed by atoms with Gasteiger partial charge in [0.15, 0.2) is 0 Å². The van der Waals surface area contributed by atoms with Gasteiger partial charge in [-0.05, 0) is 60.7 Å². The molecule has 0 saturated carbocycles. The Morgan fingerprint density at radius 2 is 1.61 bits per heavy atom. The average Bonchev–Trinajstić information content (AvgIpc) is 3.14. The predicted molar refractivity (Wildman–Crippen MR) is 126 cm³/mol. The number of aryl methyl sites for hydroxylation is 2. The Balaban J connectivity index is 1.41. The van der Waals surface area contributed by atoms with E-state index in [0.29, 0.717) is 19.1 Å². The third kappa shape index (κ3) is 5.08. The molecule has 0 atom stereocenters. The Hall–Kier alpha value is -3.27. The highest BCUT2D eigenvalue weighted by Crippen LogP contribution is 2.22. The summed E-state index contributed by atoms with van der Waals surface area (Å²) in [5.41, 5.74) is 4.58. The highest BCUT2D eigenvalue weighted by Gasteiger charge is 2.11. The van der Waals surface area contributed by atoms with E-state index < -0.39 is 0 Å². The minimum Gasteiger partial charge on any atom is -0.494 e. The number of aromatic nitrogens is 2. The Labute approximate surface area is 184 Å². The second-order valence-corrected chi connectivity index (χ2v) is 8.15. The van der Waals surface area contributed by atoms with Crippen LogP contribution < -0.4 is 9.47 Å². The van der Waals surface area contributed by atoms with Gasteiger partial charge in [-0.3, -0.25) is 0 Å². The molecule has 4 aromatic rings. The van der Waals surface area contributed by atoms with E-state index in [1.165, 1.54) is 5.56 Å². The molecule has 0 N–H and O–H groups in total. The molecule has 31 heavy (non-hydrogen) atoms. The summed E-state index contributed by atoms with van der Waals surface area (Å²) in [6.45, 7) is 8.39. The van der Waals surface area contributed by atoms with Gasteiger partial charge in [-0.25, -0.2) is 4.98 Å². The summed E-state index contributed by atoms with van der Waals surface area (Å²) in [4.78, 5) is 4.82. The largest absolute Gasteiger partial charge is 0.494 e. The van der Waals surface area contributed by atoms with Crippen LogP contribution >= 0.6 is 0 Å². The van der Waals surface area contributed by atoms with Gasteiger partial charge in [0.1, 0.15) is 23.9 Å². The lowest BCUT2D eigenvalue weighted by molar-refractivity contribution is 0.279. The van der Waals surface area contributed by atoms with E-state index in [9.17, 15) is 0 Å². The molecule has 0 amide bonds. The molecule has 0 aliphatic carbocycles. The van der Waals surface area contributed by atoms with Crippen LogP contribution in [0.2, 0.25) is 0 Å². The van der Waals surface area contributed by atoms with Gasteiger partial charge in [0, 0.05) is 6.54 Å². The van der Waals surface area contributed by atoms with Gasteiger partial charge in [0.2, 0.25) is 0 Å². The van der Waals surface area contributed by atoms with Crippen LogP contribution in [-0.2, 0) is 13.2 Å². The minimum absolute atomic E-state index is 0.442. The van der Waals surface area contributed by atoms with E-state index in [0.717, 1.165) is 46.9 Å². The van der Waals surface area contributed by atoms with Gasteiger partial charge in [0.25, 0.3) is 0 Å². The normalized spacial score (nSPS) is 11.2. The third-order valence-electron chi connectivity index (χ3n) is 5.53. The SMILES string of the molecule is Cc1ccccc1OCc1nc2ccccc2n1CCCOc1ccc(C(C)C)cc1. The molecular formula is C27H30N2O2. The number of para-hydroxylation sites is 3. The first-order valence-corrected chi connectivity index (χ1v) is 11.0. The zero-order valence-corrected chi connectivity index (χ0v) is 18.5. The molecule has 0 fully saturated rings. The number of benzene rings is 3. The van der Waals surface area contributed by atoms with Gasteiger partial charge < -0.3 is 14.0 Å². The second kappa shape index (κ2) is 9.69. The summed E-state index contributed by atoms with van der Waals surface area (Å²) in [6.07, 6.45) is 0.893. The van der Waals surface area contributed by atoms with Crippen molar-refractivity contribution in [3.05, 3.63) is 89.7 Å². The number of ether oxygens (including phenoxy) is 2. The van der Waals surface area contributed by atoms with E-state index in [-0.39, 0.29) is 0 Å². The van der Waals surface area contributed by atoms with Crippen LogP contribution in [0.3, 0.4) is 0 Å². The van der Waals surface area contributed by atoms with Crippen LogP contribution in [0.5, 0.6) is 11.5 Å². The van der Waals surface area contributed by atoms with Gasteiger partial charge in [0.05, 0.1) is 17.6 Å². The van der Waals surface area contributed by atoms with Gasteiger partial charge in [-0.15, -0.1) is 0 Å². The minimum atomic E-state index is 0.442. The molecule has 0 saturated heterocycles. The summed E-state index contributed by atoms with van der Waals surface area (Å²) >= 11 is 0. The third-order valence-corrected chi connectivity index (χ3v) is 5.53. The fourth-order valence-electron chi connectivity index (χ4n) is 3.71. The summed E-state index contributed by atoms with van der Waals surface area (Å²) in [5, 5.41) is 0. The van der Waals surface area contributed by atoms with Crippen molar-refractivity contribution in [3.8, 4) is 11.5 Å². The predicted octanol–water partition coefficient (Wildman–Crippen LogP) is 6.52. The van der Waals surface area contributed by atoms with Crippen molar-refractivity contribution in [2.24, 2.45) is 0 Å². The molecule has 0 unspecified atom stereocenters. The number of imidazole rings is 1. The molecule has 0 spiro atoms. The smallest absolute Gasteiger partial charge is 0.148 e. The van der Waals surface area contributed by atoms with Crippen molar-refractivity contribution in [2.75, 3.05) is 6.61 Å². The van der Waals surface area contributed by atoms with Crippen molar-refractivity contribution in [1.82, 2.24) is 9.55 Å². The van der Waals surface area contributed by atoms with Crippen molar-refractivity contribution >= 4 is 11.0 Å². The maximum Gasteiger partial charge on any atom is 0.148 e. The second-order valence-electron chi connectivity index (χ2n) is 8.15. The zero-order valence-electron chi connectivity index (χ0n) is 18.5. The van der Waals surface area contributed by atoms with Crippen LogP contribution in [0.4, 0.5) is 0 Å². The topological polar surface area (TPSA) is 36.3 Å². The Morgan fingerprint density at radius 1 is 0.871 bits per heavy atom. The molecule has 1 aromatic heterocycles. The van der Waals surface area contributed by atoms with Gasteiger partial charge in [-0.2, -0.15) is 0 Å². The molecule has 0 aliphatic rings. The first-order valence-electron chi connectivity index (χ1n) is 11.0.